The fraction of sp³-hybridized carbons (Fsp3) is 0.200. The van der Waals surface area contributed by atoms with E-state index in [-0.39, 0.29) is 17.2 Å². The van der Waals surface area contributed by atoms with E-state index in [1.807, 2.05) is 24.3 Å². The summed E-state index contributed by atoms with van der Waals surface area (Å²) in [6.45, 7) is 1.90. The van der Waals surface area contributed by atoms with Crippen molar-refractivity contribution in [2.75, 3.05) is 11.9 Å². The highest BCUT2D eigenvalue weighted by Crippen LogP contribution is 2.38. The number of amides is 1. The van der Waals surface area contributed by atoms with E-state index in [0.717, 1.165) is 21.4 Å². The quantitative estimate of drug-likeness (QED) is 0.462. The van der Waals surface area contributed by atoms with Gasteiger partial charge in [0.05, 0.1) is 6.61 Å². The van der Waals surface area contributed by atoms with Gasteiger partial charge in [0.1, 0.15) is 10.6 Å². The minimum absolute atomic E-state index is 0.201. The van der Waals surface area contributed by atoms with Crippen molar-refractivity contribution in [3.63, 3.8) is 0 Å². The molecule has 1 heterocycles. The van der Waals surface area contributed by atoms with E-state index >= 15 is 0 Å². The molecule has 0 spiro atoms. The molecule has 128 valence electrons. The van der Waals surface area contributed by atoms with E-state index in [1.54, 1.807) is 12.3 Å². The van der Waals surface area contributed by atoms with Crippen LogP contribution in [-0.4, -0.2) is 22.3 Å². The highest BCUT2D eigenvalue weighted by Gasteiger charge is 2.33. The predicted molar refractivity (Wildman–Crippen MR) is 102 cm³/mol. The number of nitrogens with one attached hydrogen (secondary N) is 1. The molecule has 1 aromatic heterocycles. The third-order valence-corrected chi connectivity index (χ3v) is 4.85. The molecule has 0 radical (unpaired) electrons. The van der Waals surface area contributed by atoms with Crippen LogP contribution < -0.4 is 5.32 Å². The van der Waals surface area contributed by atoms with Crippen LogP contribution in [0.5, 0.6) is 0 Å². The minimum Gasteiger partial charge on any atom is -0.462 e. The van der Waals surface area contributed by atoms with Crippen LogP contribution in [0.4, 0.5) is 5.00 Å². The SMILES string of the molecule is CCOC(=O)c1c(-c2ccc(Br)cc2)csc1NC(=O)C(Cl)(Cl)Cl. The summed E-state index contributed by atoms with van der Waals surface area (Å²) in [5.41, 5.74) is 1.66. The second kappa shape index (κ2) is 8.06. The lowest BCUT2D eigenvalue weighted by atomic mass is 10.0. The van der Waals surface area contributed by atoms with Gasteiger partial charge in [0, 0.05) is 15.4 Å². The monoisotopic (exact) mass is 469 g/mol. The molecule has 1 amide bonds. The molecule has 0 unspecified atom stereocenters. The fourth-order valence-corrected chi connectivity index (χ4v) is 3.23. The van der Waals surface area contributed by atoms with Gasteiger partial charge in [0.15, 0.2) is 0 Å². The summed E-state index contributed by atoms with van der Waals surface area (Å²) in [6, 6.07) is 7.38. The van der Waals surface area contributed by atoms with Gasteiger partial charge in [-0.1, -0.05) is 62.9 Å². The Morgan fingerprint density at radius 1 is 1.25 bits per heavy atom. The van der Waals surface area contributed by atoms with Crippen LogP contribution >= 0.6 is 62.1 Å². The Morgan fingerprint density at radius 2 is 1.88 bits per heavy atom. The molecule has 0 fully saturated rings. The fourth-order valence-electron chi connectivity index (χ4n) is 1.87. The molecular weight excluding hydrogens is 460 g/mol. The first-order valence-corrected chi connectivity index (χ1v) is 9.47. The number of carbonyl (C=O) groups is 2. The topological polar surface area (TPSA) is 55.4 Å². The highest BCUT2D eigenvalue weighted by molar-refractivity contribution is 9.10. The number of benzene rings is 1. The third-order valence-electron chi connectivity index (χ3n) is 2.91. The molecule has 0 aliphatic carbocycles. The van der Waals surface area contributed by atoms with Gasteiger partial charge in [-0.15, -0.1) is 11.3 Å². The number of carbonyl (C=O) groups excluding carboxylic acids is 2. The van der Waals surface area contributed by atoms with Crippen LogP contribution in [0.25, 0.3) is 11.1 Å². The Hall–Kier alpha value is -0.790. The normalized spacial score (nSPS) is 11.2. The van der Waals surface area contributed by atoms with E-state index in [9.17, 15) is 9.59 Å². The number of alkyl halides is 3. The van der Waals surface area contributed by atoms with Crippen molar-refractivity contribution < 1.29 is 14.3 Å². The minimum atomic E-state index is -2.13. The molecule has 9 heteroatoms. The lowest BCUT2D eigenvalue weighted by molar-refractivity contribution is -0.115. The number of ether oxygens (including phenoxy) is 1. The molecule has 2 rings (SSSR count). The van der Waals surface area contributed by atoms with Crippen LogP contribution in [-0.2, 0) is 9.53 Å². The van der Waals surface area contributed by atoms with Crippen LogP contribution in [0.2, 0.25) is 0 Å². The molecule has 0 saturated carbocycles. The summed E-state index contributed by atoms with van der Waals surface area (Å²) in [6.07, 6.45) is 0. The van der Waals surface area contributed by atoms with Gasteiger partial charge in [0.2, 0.25) is 0 Å². The third kappa shape index (κ3) is 4.64. The first-order valence-electron chi connectivity index (χ1n) is 6.66. The number of anilines is 1. The summed E-state index contributed by atoms with van der Waals surface area (Å²) in [5.74, 6) is -1.40. The number of hydrogen-bond donors (Lipinski definition) is 1. The highest BCUT2D eigenvalue weighted by atomic mass is 79.9. The second-order valence-electron chi connectivity index (χ2n) is 4.53. The van der Waals surface area contributed by atoms with Crippen LogP contribution in [0.3, 0.4) is 0 Å². The Morgan fingerprint density at radius 3 is 2.42 bits per heavy atom. The molecule has 1 N–H and O–H groups in total. The van der Waals surface area contributed by atoms with Crippen molar-refractivity contribution in [2.24, 2.45) is 0 Å². The van der Waals surface area contributed by atoms with Gasteiger partial charge < -0.3 is 10.1 Å². The average molecular weight is 472 g/mol. The summed E-state index contributed by atoms with van der Waals surface area (Å²) < 4.78 is 3.86. The molecule has 0 atom stereocenters. The van der Waals surface area contributed by atoms with E-state index in [0.29, 0.717) is 5.56 Å². The smallest absolute Gasteiger partial charge is 0.341 e. The van der Waals surface area contributed by atoms with Crippen molar-refractivity contribution in [1.29, 1.82) is 0 Å². The summed E-state index contributed by atoms with van der Waals surface area (Å²) in [4.78, 5) is 24.2. The first-order chi connectivity index (χ1) is 11.2. The van der Waals surface area contributed by atoms with Gasteiger partial charge >= 0.3 is 5.97 Å². The molecule has 0 saturated heterocycles. The summed E-state index contributed by atoms with van der Waals surface area (Å²) in [5, 5.41) is 4.47. The van der Waals surface area contributed by atoms with Gasteiger partial charge in [-0.2, -0.15) is 0 Å². The zero-order chi connectivity index (χ0) is 17.9. The molecule has 1 aromatic carbocycles. The van der Waals surface area contributed by atoms with Crippen molar-refractivity contribution in [3.05, 3.63) is 39.7 Å². The maximum absolute atomic E-state index is 12.3. The number of hydrogen-bond acceptors (Lipinski definition) is 4. The number of thiophene rings is 1. The van der Waals surface area contributed by atoms with E-state index in [2.05, 4.69) is 21.2 Å². The first kappa shape index (κ1) is 19.5. The van der Waals surface area contributed by atoms with Gasteiger partial charge in [0.25, 0.3) is 9.70 Å². The average Bonchev–Trinajstić information content (AvgIpc) is 2.91. The van der Waals surface area contributed by atoms with Crippen LogP contribution in [0.1, 0.15) is 17.3 Å². The van der Waals surface area contributed by atoms with Crippen molar-refractivity contribution in [2.45, 2.75) is 10.7 Å². The van der Waals surface area contributed by atoms with E-state index in [1.165, 1.54) is 0 Å². The Kier molecular flexibility index (Phi) is 6.56. The molecule has 0 aliphatic heterocycles. The Bertz CT molecular complexity index is 756. The Balaban J connectivity index is 2.47. The van der Waals surface area contributed by atoms with E-state index < -0.39 is 15.7 Å². The molecule has 4 nitrogen and oxygen atoms in total. The predicted octanol–water partition coefficient (Wildman–Crippen LogP) is 5.66. The number of rotatable bonds is 4. The zero-order valence-corrected chi connectivity index (χ0v) is 16.9. The van der Waals surface area contributed by atoms with Crippen LogP contribution in [0, 0.1) is 0 Å². The number of halogens is 4. The molecule has 0 bridgehead atoms. The lowest BCUT2D eigenvalue weighted by Gasteiger charge is -2.12. The van der Waals surface area contributed by atoms with Gasteiger partial charge in [-0.3, -0.25) is 4.79 Å². The molecule has 0 aliphatic rings. The standard InChI is InChI=1S/C15H11BrCl3NO3S/c1-2-23-13(21)11-10(8-3-5-9(16)6-4-8)7-24-12(11)20-14(22)15(17,18)19/h3-7H,2H2,1H3,(H,20,22). The van der Waals surface area contributed by atoms with Crippen molar-refractivity contribution in [3.8, 4) is 11.1 Å². The molecule has 2 aromatic rings. The van der Waals surface area contributed by atoms with Gasteiger partial charge in [-0.25, -0.2) is 4.79 Å². The molecule has 24 heavy (non-hydrogen) atoms. The maximum Gasteiger partial charge on any atom is 0.341 e. The van der Waals surface area contributed by atoms with Crippen LogP contribution in [0.15, 0.2) is 34.1 Å². The lowest BCUT2D eigenvalue weighted by Crippen LogP contribution is -2.27. The van der Waals surface area contributed by atoms with Crippen molar-refractivity contribution >= 4 is 78.9 Å². The maximum atomic E-state index is 12.3. The van der Waals surface area contributed by atoms with Crippen molar-refractivity contribution in [1.82, 2.24) is 0 Å². The Labute approximate surface area is 166 Å². The van der Waals surface area contributed by atoms with Gasteiger partial charge in [-0.05, 0) is 24.6 Å². The molecular formula is C15H11BrCl3NO3S. The summed E-state index contributed by atoms with van der Waals surface area (Å²) >= 11 is 21.2. The summed E-state index contributed by atoms with van der Waals surface area (Å²) in [7, 11) is 0. The van der Waals surface area contributed by atoms with E-state index in [4.69, 9.17) is 39.5 Å². The largest absolute Gasteiger partial charge is 0.462 e. The number of esters is 1. The zero-order valence-electron chi connectivity index (χ0n) is 12.2. The second-order valence-corrected chi connectivity index (χ2v) is 8.61.